The minimum absolute atomic E-state index is 0.00231. The van der Waals surface area contributed by atoms with E-state index in [1.165, 1.54) is 0 Å². The lowest BCUT2D eigenvalue weighted by Gasteiger charge is -2.33. The molecule has 0 unspecified atom stereocenters. The molecule has 6 heteroatoms. The molecule has 2 aromatic carbocycles. The highest BCUT2D eigenvalue weighted by atomic mass is 16.5. The molecule has 0 spiro atoms. The first kappa shape index (κ1) is 21.9. The van der Waals surface area contributed by atoms with E-state index >= 15 is 0 Å². The number of piperidine rings is 1. The number of benzene rings is 2. The van der Waals surface area contributed by atoms with Gasteiger partial charge in [0, 0.05) is 36.1 Å². The van der Waals surface area contributed by atoms with Crippen molar-refractivity contribution in [2.24, 2.45) is 5.92 Å². The number of amides is 2. The van der Waals surface area contributed by atoms with E-state index in [1.54, 1.807) is 7.11 Å². The van der Waals surface area contributed by atoms with Crippen LogP contribution in [0.15, 0.2) is 46.9 Å². The van der Waals surface area contributed by atoms with E-state index < -0.39 is 0 Å². The van der Waals surface area contributed by atoms with E-state index in [-0.39, 0.29) is 11.8 Å². The fourth-order valence-corrected chi connectivity index (χ4v) is 4.43. The van der Waals surface area contributed by atoms with Gasteiger partial charge in [0.05, 0.1) is 7.11 Å². The van der Waals surface area contributed by atoms with Crippen molar-refractivity contribution in [1.82, 2.24) is 4.90 Å². The maximum absolute atomic E-state index is 13.1. The van der Waals surface area contributed by atoms with Crippen molar-refractivity contribution in [3.05, 3.63) is 59.4 Å². The molecule has 3 aromatic rings. The third-order valence-corrected chi connectivity index (χ3v) is 6.18. The Bertz CT molecular complexity index is 1130. The van der Waals surface area contributed by atoms with E-state index in [9.17, 15) is 9.59 Å². The monoisotopic (exact) mass is 434 g/mol. The number of nitrogens with one attached hydrogen (secondary N) is 1. The zero-order valence-electron chi connectivity index (χ0n) is 18.9. The summed E-state index contributed by atoms with van der Waals surface area (Å²) in [6, 6.07) is 13.2. The summed E-state index contributed by atoms with van der Waals surface area (Å²) >= 11 is 0. The van der Waals surface area contributed by atoms with Gasteiger partial charge in [-0.1, -0.05) is 0 Å². The number of carbonyl (C=O) groups is 2. The lowest BCUT2D eigenvalue weighted by atomic mass is 9.92. The molecule has 1 aliphatic heterocycles. The third-order valence-electron chi connectivity index (χ3n) is 6.18. The van der Waals surface area contributed by atoms with E-state index in [0.29, 0.717) is 24.4 Å². The van der Waals surface area contributed by atoms with Crippen LogP contribution < -0.4 is 10.1 Å². The number of nitrogens with zero attached hydrogens (tertiary/aromatic N) is 1. The van der Waals surface area contributed by atoms with E-state index in [4.69, 9.17) is 9.15 Å². The molecule has 4 rings (SSSR count). The van der Waals surface area contributed by atoms with E-state index in [0.717, 1.165) is 59.5 Å². The Morgan fingerprint density at radius 2 is 2.00 bits per heavy atom. The molecule has 1 aliphatic rings. The number of carbonyl (C=O) groups excluding carboxylic acids is 2. The molecule has 0 radical (unpaired) electrons. The molecule has 2 heterocycles. The van der Waals surface area contributed by atoms with Crippen LogP contribution in [0.25, 0.3) is 11.0 Å². The minimum Gasteiger partial charge on any atom is -0.497 e. The van der Waals surface area contributed by atoms with Crippen molar-refractivity contribution in [2.75, 3.05) is 25.5 Å². The molecule has 0 aliphatic carbocycles. The summed E-state index contributed by atoms with van der Waals surface area (Å²) in [5.74, 6) is 1.99. The smallest absolute Gasteiger partial charge is 0.253 e. The first-order valence-electron chi connectivity index (χ1n) is 11.2. The highest BCUT2D eigenvalue weighted by Crippen LogP contribution is 2.26. The SMILES string of the molecule is COc1ccc(NC(=O)CC[C@@H]2CCCN(C(=O)c3ccc4oc(C)cc4c3)C2)c(C)c1. The normalized spacial score (nSPS) is 16.2. The molecule has 1 atom stereocenters. The Labute approximate surface area is 188 Å². The maximum Gasteiger partial charge on any atom is 0.253 e. The molecule has 1 aromatic heterocycles. The number of hydrogen-bond acceptors (Lipinski definition) is 4. The first-order chi connectivity index (χ1) is 15.4. The van der Waals surface area contributed by atoms with Gasteiger partial charge in [0.2, 0.25) is 5.91 Å². The summed E-state index contributed by atoms with van der Waals surface area (Å²) < 4.78 is 10.8. The van der Waals surface area contributed by atoms with Gasteiger partial charge in [-0.15, -0.1) is 0 Å². The third kappa shape index (κ3) is 4.96. The van der Waals surface area contributed by atoms with Gasteiger partial charge in [0.25, 0.3) is 5.91 Å². The highest BCUT2D eigenvalue weighted by molar-refractivity contribution is 5.98. The van der Waals surface area contributed by atoms with E-state index in [2.05, 4.69) is 5.32 Å². The Morgan fingerprint density at radius 1 is 1.16 bits per heavy atom. The average molecular weight is 435 g/mol. The van der Waals surface area contributed by atoms with Gasteiger partial charge in [-0.25, -0.2) is 0 Å². The van der Waals surface area contributed by atoms with Crippen LogP contribution in [-0.2, 0) is 4.79 Å². The van der Waals surface area contributed by atoms with Crippen molar-refractivity contribution in [3.63, 3.8) is 0 Å². The van der Waals surface area contributed by atoms with Gasteiger partial charge in [-0.05, 0) is 87.1 Å². The largest absolute Gasteiger partial charge is 0.497 e. The van der Waals surface area contributed by atoms with Crippen molar-refractivity contribution in [2.45, 2.75) is 39.5 Å². The number of anilines is 1. The Morgan fingerprint density at radius 3 is 2.78 bits per heavy atom. The molecule has 1 N–H and O–H groups in total. The van der Waals surface area contributed by atoms with Gasteiger partial charge in [-0.2, -0.15) is 0 Å². The standard InChI is InChI=1S/C26H30N2O4/c1-17-13-22(31-3)8-9-23(17)27-25(29)11-6-19-5-4-12-28(16-19)26(30)20-7-10-24-21(15-20)14-18(2)32-24/h7-10,13-15,19H,4-6,11-12,16H2,1-3H3,(H,27,29)/t19-/m0/s1. The summed E-state index contributed by atoms with van der Waals surface area (Å²) in [5, 5.41) is 3.95. The second kappa shape index (κ2) is 9.47. The van der Waals surface area contributed by atoms with Crippen LogP contribution in [0.1, 0.15) is 47.4 Å². The summed E-state index contributed by atoms with van der Waals surface area (Å²) in [6.07, 6.45) is 3.21. The summed E-state index contributed by atoms with van der Waals surface area (Å²) in [6.45, 7) is 5.30. The molecule has 6 nitrogen and oxygen atoms in total. The molecule has 32 heavy (non-hydrogen) atoms. The second-order valence-corrected chi connectivity index (χ2v) is 8.64. The lowest BCUT2D eigenvalue weighted by molar-refractivity contribution is -0.116. The van der Waals surface area contributed by atoms with Gasteiger partial charge in [0.1, 0.15) is 17.1 Å². The van der Waals surface area contributed by atoms with Crippen molar-refractivity contribution in [3.8, 4) is 5.75 Å². The van der Waals surface area contributed by atoms with Crippen LogP contribution in [0.3, 0.4) is 0 Å². The first-order valence-corrected chi connectivity index (χ1v) is 11.2. The van der Waals surface area contributed by atoms with E-state index in [1.807, 2.05) is 61.2 Å². The molecule has 1 fully saturated rings. The second-order valence-electron chi connectivity index (χ2n) is 8.64. The van der Waals surface area contributed by atoms with Crippen molar-refractivity contribution < 1.29 is 18.7 Å². The quantitative estimate of drug-likeness (QED) is 0.569. The zero-order chi connectivity index (χ0) is 22.7. The maximum atomic E-state index is 13.1. The number of aryl methyl sites for hydroxylation is 2. The van der Waals surface area contributed by atoms with Crippen LogP contribution in [0, 0.1) is 19.8 Å². The number of ether oxygens (including phenoxy) is 1. The fourth-order valence-electron chi connectivity index (χ4n) is 4.43. The lowest BCUT2D eigenvalue weighted by Crippen LogP contribution is -2.40. The topological polar surface area (TPSA) is 71.8 Å². The minimum atomic E-state index is 0.00231. The van der Waals surface area contributed by atoms with Gasteiger partial charge < -0.3 is 19.4 Å². The number of hydrogen-bond donors (Lipinski definition) is 1. The summed E-state index contributed by atoms with van der Waals surface area (Å²) in [7, 11) is 1.63. The number of furan rings is 1. The highest BCUT2D eigenvalue weighted by Gasteiger charge is 2.25. The summed E-state index contributed by atoms with van der Waals surface area (Å²) in [4.78, 5) is 27.5. The van der Waals surface area contributed by atoms with Gasteiger partial charge in [0.15, 0.2) is 0 Å². The number of likely N-dealkylation sites (tertiary alicyclic amines) is 1. The molecule has 2 amide bonds. The Balaban J connectivity index is 1.32. The van der Waals surface area contributed by atoms with Crippen LogP contribution >= 0.6 is 0 Å². The summed E-state index contributed by atoms with van der Waals surface area (Å²) in [5.41, 5.74) is 3.26. The molecular formula is C26H30N2O4. The van der Waals surface area contributed by atoms with Crippen LogP contribution in [0.4, 0.5) is 5.69 Å². The van der Waals surface area contributed by atoms with Crippen LogP contribution in [0.2, 0.25) is 0 Å². The number of rotatable bonds is 6. The van der Waals surface area contributed by atoms with Crippen molar-refractivity contribution in [1.29, 1.82) is 0 Å². The average Bonchev–Trinajstić information content (AvgIpc) is 3.18. The molecule has 1 saturated heterocycles. The molecule has 0 saturated carbocycles. The Kier molecular flexibility index (Phi) is 6.49. The van der Waals surface area contributed by atoms with Gasteiger partial charge in [-0.3, -0.25) is 9.59 Å². The van der Waals surface area contributed by atoms with Crippen LogP contribution in [-0.4, -0.2) is 36.9 Å². The van der Waals surface area contributed by atoms with Gasteiger partial charge >= 0.3 is 0 Å². The Hall–Kier alpha value is -3.28. The zero-order valence-corrected chi connectivity index (χ0v) is 18.9. The predicted octanol–water partition coefficient (Wildman–Crippen LogP) is 5.33. The number of methoxy groups -OCH3 is 1. The predicted molar refractivity (Wildman–Crippen MR) is 125 cm³/mol. The molecule has 168 valence electrons. The number of fused-ring (bicyclic) bond motifs is 1. The molecular weight excluding hydrogens is 404 g/mol. The molecule has 0 bridgehead atoms. The fraction of sp³-hybridized carbons (Fsp3) is 0.385. The van der Waals surface area contributed by atoms with Crippen molar-refractivity contribution >= 4 is 28.5 Å². The van der Waals surface area contributed by atoms with Crippen LogP contribution in [0.5, 0.6) is 5.75 Å².